The number of carbonyl (C=O) groups excluding carboxylic acids is 2. The van der Waals surface area contributed by atoms with E-state index in [1.165, 1.54) is 11.1 Å². The van der Waals surface area contributed by atoms with Gasteiger partial charge in [-0.15, -0.1) is 0 Å². The highest BCUT2D eigenvalue weighted by atomic mass is 16.3. The Hall–Kier alpha value is -1.84. The number of amides is 1. The van der Waals surface area contributed by atoms with Crippen LogP contribution >= 0.6 is 0 Å². The van der Waals surface area contributed by atoms with Gasteiger partial charge in [0.25, 0.3) is 0 Å². The molecule has 23 heavy (non-hydrogen) atoms. The molecule has 1 amide bonds. The summed E-state index contributed by atoms with van der Waals surface area (Å²) < 4.78 is 0. The van der Waals surface area contributed by atoms with Crippen molar-refractivity contribution in [3.8, 4) is 5.75 Å². The van der Waals surface area contributed by atoms with E-state index in [2.05, 4.69) is 0 Å². The Morgan fingerprint density at radius 2 is 2.13 bits per heavy atom. The summed E-state index contributed by atoms with van der Waals surface area (Å²) in [5, 5.41) is 9.72. The summed E-state index contributed by atoms with van der Waals surface area (Å²) in [7, 11) is 0. The van der Waals surface area contributed by atoms with Crippen LogP contribution in [0.4, 0.5) is 0 Å². The number of phenols is 1. The van der Waals surface area contributed by atoms with Gasteiger partial charge in [-0.25, -0.2) is 0 Å². The Morgan fingerprint density at radius 3 is 2.87 bits per heavy atom. The van der Waals surface area contributed by atoms with Crippen LogP contribution in [0.15, 0.2) is 18.2 Å². The number of carbonyl (C=O) groups is 2. The molecule has 4 heteroatoms. The number of rotatable bonds is 1. The largest absolute Gasteiger partial charge is 0.508 e. The Morgan fingerprint density at radius 1 is 1.35 bits per heavy atom. The van der Waals surface area contributed by atoms with Crippen LogP contribution in [-0.4, -0.2) is 16.8 Å². The second-order valence-corrected chi connectivity index (χ2v) is 7.81. The number of ketones is 1. The summed E-state index contributed by atoms with van der Waals surface area (Å²) in [6.45, 7) is 2.05. The van der Waals surface area contributed by atoms with Gasteiger partial charge in [0.15, 0.2) is 0 Å². The monoisotopic (exact) mass is 313 g/mol. The van der Waals surface area contributed by atoms with Crippen LogP contribution in [0.3, 0.4) is 0 Å². The van der Waals surface area contributed by atoms with Gasteiger partial charge in [0, 0.05) is 17.8 Å². The molecule has 3 aliphatic carbocycles. The average Bonchev–Trinajstić information content (AvgIpc) is 2.79. The van der Waals surface area contributed by atoms with Gasteiger partial charge in [-0.2, -0.15) is 0 Å². The summed E-state index contributed by atoms with van der Waals surface area (Å²) in [6, 6.07) is 5.64. The van der Waals surface area contributed by atoms with Crippen molar-refractivity contribution in [1.29, 1.82) is 0 Å². The lowest BCUT2D eigenvalue weighted by atomic mass is 9.54. The summed E-state index contributed by atoms with van der Waals surface area (Å²) in [6.07, 6.45) is 4.01. The first kappa shape index (κ1) is 14.7. The minimum atomic E-state index is -0.380. The molecule has 0 heterocycles. The van der Waals surface area contributed by atoms with Crippen molar-refractivity contribution in [1.82, 2.24) is 0 Å². The number of hydrogen-bond acceptors (Lipinski definition) is 3. The second-order valence-electron chi connectivity index (χ2n) is 7.81. The maximum Gasteiger partial charge on any atom is 0.221 e. The molecule has 0 aromatic heterocycles. The van der Waals surface area contributed by atoms with Gasteiger partial charge < -0.3 is 10.8 Å². The van der Waals surface area contributed by atoms with Crippen molar-refractivity contribution in [2.75, 3.05) is 0 Å². The van der Waals surface area contributed by atoms with E-state index in [4.69, 9.17) is 5.73 Å². The highest BCUT2D eigenvalue weighted by Gasteiger charge is 2.60. The molecule has 1 aromatic rings. The lowest BCUT2D eigenvalue weighted by molar-refractivity contribution is -0.129. The Bertz CT molecular complexity index is 698. The van der Waals surface area contributed by atoms with Crippen LogP contribution in [0, 0.1) is 23.2 Å². The maximum atomic E-state index is 12.6. The summed E-state index contributed by atoms with van der Waals surface area (Å²) in [4.78, 5) is 24.5. The zero-order valence-electron chi connectivity index (χ0n) is 13.4. The van der Waals surface area contributed by atoms with Crippen molar-refractivity contribution in [3.05, 3.63) is 29.3 Å². The molecule has 0 bridgehead atoms. The van der Waals surface area contributed by atoms with Crippen LogP contribution in [-0.2, 0) is 16.0 Å². The lowest BCUT2D eigenvalue weighted by Gasteiger charge is -2.49. The number of benzene rings is 1. The number of Topliss-reactive ketones (excluding diaryl/α,β-unsaturated/α-hetero) is 1. The summed E-state index contributed by atoms with van der Waals surface area (Å²) in [5.41, 5.74) is 7.77. The smallest absolute Gasteiger partial charge is 0.221 e. The number of hydrogen-bond donors (Lipinski definition) is 2. The third kappa shape index (κ3) is 1.97. The minimum Gasteiger partial charge on any atom is -0.508 e. The normalized spacial score (nSPS) is 38.6. The van der Waals surface area contributed by atoms with Crippen molar-refractivity contribution in [2.45, 2.75) is 44.9 Å². The lowest BCUT2D eigenvalue weighted by Crippen LogP contribution is -2.46. The predicted molar refractivity (Wildman–Crippen MR) is 85.8 cm³/mol. The second kappa shape index (κ2) is 4.83. The van der Waals surface area contributed by atoms with Crippen molar-refractivity contribution >= 4 is 11.7 Å². The van der Waals surface area contributed by atoms with Crippen molar-refractivity contribution in [2.24, 2.45) is 28.9 Å². The van der Waals surface area contributed by atoms with Crippen molar-refractivity contribution in [3.63, 3.8) is 0 Å². The quantitative estimate of drug-likeness (QED) is 0.836. The zero-order valence-corrected chi connectivity index (χ0v) is 13.4. The van der Waals surface area contributed by atoms with Gasteiger partial charge in [0.2, 0.25) is 5.91 Å². The number of fused-ring (bicyclic) bond motifs is 5. The molecule has 2 saturated carbocycles. The molecule has 122 valence electrons. The number of primary amides is 1. The van der Waals surface area contributed by atoms with Crippen LogP contribution in [0.25, 0.3) is 0 Å². The third-order valence-electron chi connectivity index (χ3n) is 6.80. The van der Waals surface area contributed by atoms with E-state index in [9.17, 15) is 14.7 Å². The van der Waals surface area contributed by atoms with Gasteiger partial charge in [0.05, 0.1) is 0 Å². The summed E-state index contributed by atoms with van der Waals surface area (Å²) >= 11 is 0. The van der Waals surface area contributed by atoms with E-state index >= 15 is 0 Å². The first-order valence-corrected chi connectivity index (χ1v) is 8.56. The SMILES string of the molecule is C[C@]12CCC3c4ccc(O)cc4CCC3C1[C@@H](C(N)=O)CC2=O. The van der Waals surface area contributed by atoms with Crippen molar-refractivity contribution < 1.29 is 14.7 Å². The van der Waals surface area contributed by atoms with E-state index in [0.717, 1.165) is 25.7 Å². The van der Waals surface area contributed by atoms with Crippen LogP contribution in [0.1, 0.15) is 49.7 Å². The first-order chi connectivity index (χ1) is 10.9. The molecular weight excluding hydrogens is 290 g/mol. The molecule has 4 rings (SSSR count). The first-order valence-electron chi connectivity index (χ1n) is 8.56. The van der Waals surface area contributed by atoms with Crippen LogP contribution in [0.2, 0.25) is 0 Å². The average molecular weight is 313 g/mol. The minimum absolute atomic E-state index is 0.0770. The highest BCUT2D eigenvalue weighted by molar-refractivity contribution is 5.94. The Kier molecular flexibility index (Phi) is 3.09. The zero-order chi connectivity index (χ0) is 16.4. The molecule has 4 nitrogen and oxygen atoms in total. The molecule has 3 N–H and O–H groups in total. The standard InChI is InChI=1S/C19H23NO3/c1-19-7-6-13-12-5-3-11(21)8-10(12)2-4-14(13)17(19)15(18(20)23)9-16(19)22/h3,5,8,13-15,17,21H,2,4,6-7,9H2,1H3,(H2,20,23)/t13?,14?,15-,17?,19+/m0/s1. The maximum absolute atomic E-state index is 12.6. The molecular formula is C19H23NO3. The van der Waals surface area contributed by atoms with E-state index < -0.39 is 0 Å². The van der Waals surface area contributed by atoms with Gasteiger partial charge in [0.1, 0.15) is 11.5 Å². The fourth-order valence-electron chi connectivity index (χ4n) is 5.72. The Labute approximate surface area is 136 Å². The van der Waals surface area contributed by atoms with Gasteiger partial charge >= 0.3 is 0 Å². The number of phenolic OH excluding ortho intramolecular Hbond substituents is 1. The van der Waals surface area contributed by atoms with Gasteiger partial charge in [-0.3, -0.25) is 9.59 Å². The molecule has 1 aromatic carbocycles. The molecule has 0 spiro atoms. The highest BCUT2D eigenvalue weighted by Crippen LogP contribution is 2.61. The fourth-order valence-corrected chi connectivity index (χ4v) is 5.72. The van der Waals surface area contributed by atoms with E-state index in [-0.39, 0.29) is 28.9 Å². The predicted octanol–water partition coefficient (Wildman–Crippen LogP) is 2.53. The number of nitrogens with two attached hydrogens (primary N) is 1. The summed E-state index contributed by atoms with van der Waals surface area (Å²) in [5.74, 6) is 0.714. The van der Waals surface area contributed by atoms with Gasteiger partial charge in [-0.05, 0) is 66.7 Å². The molecule has 0 radical (unpaired) electrons. The molecule has 0 aliphatic heterocycles. The molecule has 0 saturated heterocycles. The van der Waals surface area contributed by atoms with Crippen LogP contribution < -0.4 is 5.73 Å². The van der Waals surface area contributed by atoms with Crippen LogP contribution in [0.5, 0.6) is 5.75 Å². The van der Waals surface area contributed by atoms with E-state index in [1.807, 2.05) is 19.1 Å². The topological polar surface area (TPSA) is 80.4 Å². The van der Waals surface area contributed by atoms with Gasteiger partial charge in [-0.1, -0.05) is 13.0 Å². The fraction of sp³-hybridized carbons (Fsp3) is 0.579. The molecule has 3 unspecified atom stereocenters. The van der Waals surface area contributed by atoms with E-state index in [0.29, 0.717) is 24.0 Å². The Balaban J connectivity index is 1.76. The molecule has 2 fully saturated rings. The number of aromatic hydroxyl groups is 1. The number of aryl methyl sites for hydroxylation is 1. The van der Waals surface area contributed by atoms with E-state index in [1.54, 1.807) is 6.07 Å². The molecule has 3 aliphatic rings. The molecule has 5 atom stereocenters. The third-order valence-corrected chi connectivity index (χ3v) is 6.80.